The molecule has 0 bridgehead atoms. The molecule has 0 radical (unpaired) electrons. The van der Waals surface area contributed by atoms with Crippen molar-refractivity contribution in [2.45, 2.75) is 19.3 Å². The first-order valence-electron chi connectivity index (χ1n) is 4.57. The maximum absolute atomic E-state index is 5.63. The van der Waals surface area contributed by atoms with Gasteiger partial charge in [-0.15, -0.1) is 0 Å². The Balaban J connectivity index is 2.87. The van der Waals surface area contributed by atoms with Crippen LogP contribution < -0.4 is 11.1 Å². The second-order valence-corrected chi connectivity index (χ2v) is 4.04. The molecule has 1 aromatic rings. The number of anilines is 1. The zero-order valence-electron chi connectivity index (χ0n) is 8.59. The van der Waals surface area contributed by atoms with E-state index >= 15 is 0 Å². The lowest BCUT2D eigenvalue weighted by atomic mass is 9.84. The molecule has 1 rings (SSSR count). The van der Waals surface area contributed by atoms with Gasteiger partial charge in [-0.05, 0) is 24.7 Å². The highest BCUT2D eigenvalue weighted by Gasteiger charge is 2.18. The highest BCUT2D eigenvalue weighted by molar-refractivity contribution is 5.41. The van der Waals surface area contributed by atoms with Crippen LogP contribution in [0.2, 0.25) is 0 Å². The summed E-state index contributed by atoms with van der Waals surface area (Å²) in [6, 6.07) is 8.08. The third-order valence-electron chi connectivity index (χ3n) is 2.31. The van der Waals surface area contributed by atoms with Gasteiger partial charge in [0.15, 0.2) is 0 Å². The van der Waals surface area contributed by atoms with Crippen molar-refractivity contribution in [1.29, 1.82) is 0 Å². The molecule has 0 fully saturated rings. The summed E-state index contributed by atoms with van der Waals surface area (Å²) in [5, 5.41) is 3.19. The summed E-state index contributed by atoms with van der Waals surface area (Å²) in [4.78, 5) is 0. The van der Waals surface area contributed by atoms with Crippen LogP contribution in [0.4, 0.5) is 5.69 Å². The third-order valence-corrected chi connectivity index (χ3v) is 2.31. The standard InChI is InChI=1S/C11H18N2/c1-11(2,8-13-3)9-4-6-10(12)7-5-9/h4-7,13H,8,12H2,1-3H3. The number of likely N-dealkylation sites (N-methyl/N-ethyl adjacent to an activating group) is 1. The number of benzene rings is 1. The number of nitrogens with two attached hydrogens (primary N) is 1. The Kier molecular flexibility index (Phi) is 2.94. The van der Waals surface area contributed by atoms with Gasteiger partial charge in [-0.2, -0.15) is 0 Å². The van der Waals surface area contributed by atoms with Crippen molar-refractivity contribution in [2.24, 2.45) is 0 Å². The molecule has 0 aliphatic carbocycles. The molecule has 0 amide bonds. The van der Waals surface area contributed by atoms with Crippen molar-refractivity contribution in [2.75, 3.05) is 19.3 Å². The second-order valence-electron chi connectivity index (χ2n) is 4.04. The molecule has 0 saturated carbocycles. The Hall–Kier alpha value is -1.02. The fourth-order valence-electron chi connectivity index (χ4n) is 1.48. The van der Waals surface area contributed by atoms with Crippen molar-refractivity contribution in [3.63, 3.8) is 0 Å². The van der Waals surface area contributed by atoms with Gasteiger partial charge >= 0.3 is 0 Å². The van der Waals surface area contributed by atoms with Crippen LogP contribution in [0, 0.1) is 0 Å². The van der Waals surface area contributed by atoms with Crippen LogP contribution >= 0.6 is 0 Å². The van der Waals surface area contributed by atoms with E-state index in [-0.39, 0.29) is 5.41 Å². The number of hydrogen-bond donors (Lipinski definition) is 2. The van der Waals surface area contributed by atoms with Gasteiger partial charge in [0.1, 0.15) is 0 Å². The molecule has 0 aliphatic rings. The molecule has 2 heteroatoms. The number of hydrogen-bond acceptors (Lipinski definition) is 2. The van der Waals surface area contributed by atoms with E-state index in [1.165, 1.54) is 5.56 Å². The van der Waals surface area contributed by atoms with E-state index in [0.717, 1.165) is 12.2 Å². The normalized spacial score (nSPS) is 11.6. The first-order chi connectivity index (χ1) is 6.06. The molecule has 0 unspecified atom stereocenters. The van der Waals surface area contributed by atoms with Crippen LogP contribution in [-0.4, -0.2) is 13.6 Å². The van der Waals surface area contributed by atoms with Gasteiger partial charge < -0.3 is 11.1 Å². The molecule has 2 nitrogen and oxygen atoms in total. The van der Waals surface area contributed by atoms with Gasteiger partial charge in [0.05, 0.1) is 0 Å². The van der Waals surface area contributed by atoms with Crippen LogP contribution in [0.3, 0.4) is 0 Å². The maximum Gasteiger partial charge on any atom is 0.0314 e. The lowest BCUT2D eigenvalue weighted by molar-refractivity contribution is 0.494. The fraction of sp³-hybridized carbons (Fsp3) is 0.455. The molecule has 0 spiro atoms. The van der Waals surface area contributed by atoms with E-state index in [0.29, 0.717) is 0 Å². The lowest BCUT2D eigenvalue weighted by Gasteiger charge is -2.24. The average Bonchev–Trinajstić information content (AvgIpc) is 2.05. The van der Waals surface area contributed by atoms with E-state index in [4.69, 9.17) is 5.73 Å². The zero-order valence-corrected chi connectivity index (χ0v) is 8.59. The summed E-state index contributed by atoms with van der Waals surface area (Å²) >= 11 is 0. The smallest absolute Gasteiger partial charge is 0.0314 e. The van der Waals surface area contributed by atoms with E-state index in [1.54, 1.807) is 0 Å². The van der Waals surface area contributed by atoms with Crippen molar-refractivity contribution >= 4 is 5.69 Å². The van der Waals surface area contributed by atoms with Gasteiger partial charge in [0, 0.05) is 17.6 Å². The van der Waals surface area contributed by atoms with E-state index < -0.39 is 0 Å². The molecular formula is C11H18N2. The van der Waals surface area contributed by atoms with Crippen LogP contribution in [0.25, 0.3) is 0 Å². The summed E-state index contributed by atoms with van der Waals surface area (Å²) in [6.07, 6.45) is 0. The van der Waals surface area contributed by atoms with Crippen molar-refractivity contribution < 1.29 is 0 Å². The van der Waals surface area contributed by atoms with Crippen LogP contribution in [-0.2, 0) is 5.41 Å². The summed E-state index contributed by atoms with van der Waals surface area (Å²) in [5.41, 5.74) is 7.94. The lowest BCUT2D eigenvalue weighted by Crippen LogP contribution is -2.30. The van der Waals surface area contributed by atoms with Crippen molar-refractivity contribution in [3.05, 3.63) is 29.8 Å². The predicted molar refractivity (Wildman–Crippen MR) is 57.8 cm³/mol. The van der Waals surface area contributed by atoms with Crippen LogP contribution in [0.5, 0.6) is 0 Å². The first-order valence-corrected chi connectivity index (χ1v) is 4.57. The van der Waals surface area contributed by atoms with Gasteiger partial charge in [-0.3, -0.25) is 0 Å². The second kappa shape index (κ2) is 3.79. The molecule has 0 aromatic heterocycles. The molecule has 72 valence electrons. The molecule has 0 atom stereocenters. The van der Waals surface area contributed by atoms with Gasteiger partial charge in [0.2, 0.25) is 0 Å². The molecule has 1 aromatic carbocycles. The Morgan fingerprint density at radius 3 is 2.23 bits per heavy atom. The molecule has 3 N–H and O–H groups in total. The van der Waals surface area contributed by atoms with Gasteiger partial charge in [-0.25, -0.2) is 0 Å². The van der Waals surface area contributed by atoms with Crippen LogP contribution in [0.15, 0.2) is 24.3 Å². The summed E-state index contributed by atoms with van der Waals surface area (Å²) in [7, 11) is 1.97. The fourth-order valence-corrected chi connectivity index (χ4v) is 1.48. The summed E-state index contributed by atoms with van der Waals surface area (Å²) < 4.78 is 0. The Labute approximate surface area is 80.1 Å². The summed E-state index contributed by atoms with van der Waals surface area (Å²) in [6.45, 7) is 5.40. The minimum absolute atomic E-state index is 0.169. The SMILES string of the molecule is CNCC(C)(C)c1ccc(N)cc1. The highest BCUT2D eigenvalue weighted by Crippen LogP contribution is 2.22. The number of nitrogen functional groups attached to an aromatic ring is 1. The molecule has 0 heterocycles. The Bertz CT molecular complexity index is 262. The largest absolute Gasteiger partial charge is 0.399 e. The van der Waals surface area contributed by atoms with E-state index in [9.17, 15) is 0 Å². The van der Waals surface area contributed by atoms with Crippen LogP contribution in [0.1, 0.15) is 19.4 Å². The van der Waals surface area contributed by atoms with Crippen molar-refractivity contribution in [1.82, 2.24) is 5.32 Å². The average molecular weight is 178 g/mol. The van der Waals surface area contributed by atoms with Gasteiger partial charge in [0.25, 0.3) is 0 Å². The molecular weight excluding hydrogens is 160 g/mol. The third kappa shape index (κ3) is 2.46. The van der Waals surface area contributed by atoms with E-state index in [1.807, 2.05) is 19.2 Å². The minimum Gasteiger partial charge on any atom is -0.399 e. The molecule has 0 aliphatic heterocycles. The van der Waals surface area contributed by atoms with Crippen molar-refractivity contribution in [3.8, 4) is 0 Å². The minimum atomic E-state index is 0.169. The highest BCUT2D eigenvalue weighted by atomic mass is 14.8. The quantitative estimate of drug-likeness (QED) is 0.692. The first kappa shape index (κ1) is 10.1. The molecule has 0 saturated heterocycles. The summed E-state index contributed by atoms with van der Waals surface area (Å²) in [5.74, 6) is 0. The van der Waals surface area contributed by atoms with Gasteiger partial charge in [-0.1, -0.05) is 26.0 Å². The topological polar surface area (TPSA) is 38.0 Å². The maximum atomic E-state index is 5.63. The Morgan fingerprint density at radius 2 is 1.77 bits per heavy atom. The Morgan fingerprint density at radius 1 is 1.23 bits per heavy atom. The zero-order chi connectivity index (χ0) is 9.90. The monoisotopic (exact) mass is 178 g/mol. The predicted octanol–water partition coefficient (Wildman–Crippen LogP) is 1.77. The molecule has 13 heavy (non-hydrogen) atoms. The number of rotatable bonds is 3. The number of nitrogens with one attached hydrogen (secondary N) is 1. The van der Waals surface area contributed by atoms with E-state index in [2.05, 4.69) is 31.3 Å².